The number of ether oxygens (including phenoxy) is 1. The highest BCUT2D eigenvalue weighted by Crippen LogP contribution is 2.33. The zero-order valence-electron chi connectivity index (χ0n) is 13.2. The van der Waals surface area contributed by atoms with Crippen LogP contribution in [0, 0.1) is 0 Å². The molecule has 2 aromatic heterocycles. The fourth-order valence-electron chi connectivity index (χ4n) is 2.57. The van der Waals surface area contributed by atoms with E-state index in [1.165, 1.54) is 22.7 Å². The molecule has 0 saturated carbocycles. The molecule has 0 unspecified atom stereocenters. The molecule has 3 rings (SSSR count). The monoisotopic (exact) mass is 353 g/mol. The number of aliphatic hydroxyl groups excluding tert-OH is 3. The predicted octanol–water partition coefficient (Wildman–Crippen LogP) is 0.105. The van der Waals surface area contributed by atoms with Gasteiger partial charge in [-0.05, 0) is 13.2 Å². The number of nitrogens with zero attached hydrogens (tertiary/aromatic N) is 4. The molecular weight excluding hydrogens is 334 g/mol. The van der Waals surface area contributed by atoms with Gasteiger partial charge in [0.2, 0.25) is 0 Å². The molecule has 1 aliphatic rings. The Morgan fingerprint density at radius 2 is 2.17 bits per heavy atom. The van der Waals surface area contributed by atoms with Crippen molar-refractivity contribution < 1.29 is 20.1 Å². The quantitative estimate of drug-likeness (QED) is 0.437. The number of anilines is 1. The Bertz CT molecular complexity index is 767. The molecule has 0 radical (unpaired) electrons. The van der Waals surface area contributed by atoms with Gasteiger partial charge in [-0.2, -0.15) is 0 Å². The van der Waals surface area contributed by atoms with Crippen LogP contribution in [-0.4, -0.2) is 66.0 Å². The molecule has 0 spiro atoms. The van der Waals surface area contributed by atoms with Crippen LogP contribution in [0.25, 0.3) is 11.2 Å². The van der Waals surface area contributed by atoms with E-state index < -0.39 is 31.1 Å². The molecule has 24 heavy (non-hydrogen) atoms. The molecule has 1 aliphatic heterocycles. The summed E-state index contributed by atoms with van der Waals surface area (Å²) in [7, 11) is 0. The van der Waals surface area contributed by atoms with Crippen LogP contribution < -0.4 is 5.32 Å². The average Bonchev–Trinajstić information content (AvgIpc) is 3.09. The molecule has 1 fully saturated rings. The summed E-state index contributed by atoms with van der Waals surface area (Å²) in [4.78, 5) is 13.1. The zero-order valence-corrected chi connectivity index (χ0v) is 14.1. The molecule has 0 amide bonds. The molecule has 1 saturated heterocycles. The summed E-state index contributed by atoms with van der Waals surface area (Å²) in [5.41, 5.74) is 1.64. The second-order valence-electron chi connectivity index (χ2n) is 5.52. The number of allylic oxidation sites excluding steroid dienone is 1. The summed E-state index contributed by atoms with van der Waals surface area (Å²) in [6.07, 6.45) is -0.842. The van der Waals surface area contributed by atoms with Gasteiger partial charge in [0.15, 0.2) is 28.4 Å². The third-order valence-corrected chi connectivity index (χ3v) is 4.25. The van der Waals surface area contributed by atoms with E-state index in [1.54, 1.807) is 6.92 Å². The van der Waals surface area contributed by atoms with E-state index in [4.69, 9.17) is 4.74 Å². The molecule has 130 valence electrons. The van der Waals surface area contributed by atoms with E-state index in [1.807, 2.05) is 6.26 Å². The van der Waals surface area contributed by atoms with Crippen LogP contribution in [0.2, 0.25) is 0 Å². The van der Waals surface area contributed by atoms with Crippen molar-refractivity contribution in [1.29, 1.82) is 0 Å². The second-order valence-corrected chi connectivity index (χ2v) is 6.29. The van der Waals surface area contributed by atoms with E-state index >= 15 is 0 Å². The Kier molecular flexibility index (Phi) is 4.74. The maximum Gasteiger partial charge on any atom is 0.191 e. The SMILES string of the molecule is C=C(C)Nc1nc(SC)nc2c1ncn2[C@@H]1O[C@H](CO)[C@@H](O)[C@H]1O. The number of fused-ring (bicyclic) bond motifs is 1. The third-order valence-electron chi connectivity index (χ3n) is 3.71. The van der Waals surface area contributed by atoms with Gasteiger partial charge in [0.25, 0.3) is 0 Å². The molecule has 0 aliphatic carbocycles. The number of thioether (sulfide) groups is 1. The van der Waals surface area contributed by atoms with Crippen molar-refractivity contribution in [3.05, 3.63) is 18.6 Å². The molecule has 0 aromatic carbocycles. The van der Waals surface area contributed by atoms with Gasteiger partial charge in [0.1, 0.15) is 18.3 Å². The Hall–Kier alpha value is -1.72. The molecular formula is C14H19N5O4S. The first-order valence-corrected chi connectivity index (χ1v) is 8.52. The van der Waals surface area contributed by atoms with Crippen LogP contribution in [0.5, 0.6) is 0 Å². The third kappa shape index (κ3) is 2.87. The minimum atomic E-state index is -1.20. The molecule has 2 aromatic rings. The number of aliphatic hydroxyl groups is 3. The van der Waals surface area contributed by atoms with E-state index in [-0.39, 0.29) is 0 Å². The van der Waals surface area contributed by atoms with Crippen molar-refractivity contribution in [2.24, 2.45) is 0 Å². The largest absolute Gasteiger partial charge is 0.394 e. The predicted molar refractivity (Wildman–Crippen MR) is 88.6 cm³/mol. The van der Waals surface area contributed by atoms with Gasteiger partial charge in [-0.25, -0.2) is 15.0 Å². The maximum atomic E-state index is 10.2. The smallest absolute Gasteiger partial charge is 0.191 e. The molecule has 4 atom stereocenters. The number of hydrogen-bond donors (Lipinski definition) is 4. The first-order valence-electron chi connectivity index (χ1n) is 7.29. The first kappa shape index (κ1) is 17.1. The van der Waals surface area contributed by atoms with Crippen LogP contribution in [0.15, 0.2) is 23.8 Å². The van der Waals surface area contributed by atoms with Gasteiger partial charge in [-0.3, -0.25) is 4.57 Å². The first-order chi connectivity index (χ1) is 11.5. The number of imidazole rings is 1. The van der Waals surface area contributed by atoms with E-state index in [0.717, 1.165) is 0 Å². The average molecular weight is 353 g/mol. The van der Waals surface area contributed by atoms with Crippen molar-refractivity contribution in [2.45, 2.75) is 36.6 Å². The highest BCUT2D eigenvalue weighted by atomic mass is 32.2. The van der Waals surface area contributed by atoms with Crippen molar-refractivity contribution in [3.8, 4) is 0 Å². The lowest BCUT2D eigenvalue weighted by atomic mass is 10.1. The summed E-state index contributed by atoms with van der Waals surface area (Å²) in [6, 6.07) is 0. The maximum absolute atomic E-state index is 10.2. The lowest BCUT2D eigenvalue weighted by Gasteiger charge is -2.17. The molecule has 10 heteroatoms. The van der Waals surface area contributed by atoms with Crippen LogP contribution in [0.1, 0.15) is 13.2 Å². The van der Waals surface area contributed by atoms with Crippen LogP contribution >= 0.6 is 11.8 Å². The topological polar surface area (TPSA) is 126 Å². The van der Waals surface area contributed by atoms with Gasteiger partial charge >= 0.3 is 0 Å². The molecule has 4 N–H and O–H groups in total. The molecule has 9 nitrogen and oxygen atoms in total. The van der Waals surface area contributed by atoms with Gasteiger partial charge in [-0.15, -0.1) is 0 Å². The second kappa shape index (κ2) is 6.65. The molecule has 3 heterocycles. The summed E-state index contributed by atoms with van der Waals surface area (Å²) >= 11 is 1.36. The van der Waals surface area contributed by atoms with Crippen LogP contribution in [0.3, 0.4) is 0 Å². The van der Waals surface area contributed by atoms with Gasteiger partial charge < -0.3 is 25.4 Å². The number of hydrogen-bond acceptors (Lipinski definition) is 9. The standard InChI is InChI=1S/C14H19N5O4S/c1-6(2)16-11-8-12(18-14(17-11)24-3)19(5-15-8)13-10(22)9(21)7(4-20)23-13/h5,7,9-10,13,20-22H,1,4H2,2-3H3,(H,16,17,18)/t7-,9-,10-,13-/m1/s1. The van der Waals surface area contributed by atoms with Crippen molar-refractivity contribution in [2.75, 3.05) is 18.2 Å². The zero-order chi connectivity index (χ0) is 17.4. The summed E-state index contributed by atoms with van der Waals surface area (Å²) in [5, 5.41) is 33.0. The number of aromatic nitrogens is 4. The Morgan fingerprint density at radius 3 is 2.75 bits per heavy atom. The Labute approximate surface area is 142 Å². The van der Waals surface area contributed by atoms with Gasteiger partial charge in [0, 0.05) is 5.70 Å². The summed E-state index contributed by atoms with van der Waals surface area (Å²) in [5.74, 6) is 0.502. The van der Waals surface area contributed by atoms with Crippen molar-refractivity contribution >= 4 is 28.7 Å². The van der Waals surface area contributed by atoms with Crippen molar-refractivity contribution in [1.82, 2.24) is 19.5 Å². The highest BCUT2D eigenvalue weighted by molar-refractivity contribution is 7.98. The van der Waals surface area contributed by atoms with Crippen molar-refractivity contribution in [3.63, 3.8) is 0 Å². The van der Waals surface area contributed by atoms with Gasteiger partial charge in [0.05, 0.1) is 12.9 Å². The van der Waals surface area contributed by atoms with Gasteiger partial charge in [-0.1, -0.05) is 18.3 Å². The molecule has 0 bridgehead atoms. The van der Waals surface area contributed by atoms with E-state index in [9.17, 15) is 15.3 Å². The highest BCUT2D eigenvalue weighted by Gasteiger charge is 2.44. The van der Waals surface area contributed by atoms with Crippen LogP contribution in [0.4, 0.5) is 5.82 Å². The fraction of sp³-hybridized carbons (Fsp3) is 0.500. The summed E-state index contributed by atoms with van der Waals surface area (Å²) < 4.78 is 7.08. The minimum Gasteiger partial charge on any atom is -0.394 e. The number of nitrogens with one attached hydrogen (secondary N) is 1. The Morgan fingerprint density at radius 1 is 1.42 bits per heavy atom. The Balaban J connectivity index is 2.08. The normalized spacial score (nSPS) is 26.9. The summed E-state index contributed by atoms with van der Waals surface area (Å²) in [6.45, 7) is 5.21. The fourth-order valence-corrected chi connectivity index (χ4v) is 2.93. The lowest BCUT2D eigenvalue weighted by molar-refractivity contribution is -0.0511. The lowest BCUT2D eigenvalue weighted by Crippen LogP contribution is -2.33. The van der Waals surface area contributed by atoms with E-state index in [2.05, 4.69) is 26.8 Å². The minimum absolute atomic E-state index is 0.394. The van der Waals surface area contributed by atoms with Crippen LogP contribution in [-0.2, 0) is 4.74 Å². The van der Waals surface area contributed by atoms with E-state index in [0.29, 0.717) is 27.8 Å². The number of rotatable bonds is 5.